The van der Waals surface area contributed by atoms with Crippen LogP contribution in [0.4, 0.5) is 9.09 Å². The summed E-state index contributed by atoms with van der Waals surface area (Å²) in [7, 11) is 0. The van der Waals surface area contributed by atoms with Gasteiger partial charge >= 0.3 is 11.7 Å². The zero-order valence-corrected chi connectivity index (χ0v) is 16.8. The van der Waals surface area contributed by atoms with Crippen LogP contribution in [0, 0.1) is 0 Å². The van der Waals surface area contributed by atoms with E-state index in [0.29, 0.717) is 12.0 Å². The van der Waals surface area contributed by atoms with Crippen molar-refractivity contribution in [1.29, 1.82) is 0 Å². The van der Waals surface area contributed by atoms with E-state index >= 15 is 4.39 Å². The second-order valence-corrected chi connectivity index (χ2v) is 6.30. The minimum Gasteiger partial charge on any atom is -0.452 e. The Bertz CT molecular complexity index is 917. The van der Waals surface area contributed by atoms with Crippen LogP contribution in [0.15, 0.2) is 52.2 Å². The highest BCUT2D eigenvalue weighted by Crippen LogP contribution is 2.43. The lowest BCUT2D eigenvalue weighted by atomic mass is 9.96. The quantitative estimate of drug-likeness (QED) is 0.776. The summed E-state index contributed by atoms with van der Waals surface area (Å²) in [6.45, 7) is 6.98. The van der Waals surface area contributed by atoms with E-state index in [1.807, 2.05) is 13.8 Å². The number of hydrogen-bond donors (Lipinski definition) is 1. The molecule has 0 saturated carbocycles. The van der Waals surface area contributed by atoms with E-state index in [4.69, 9.17) is 9.47 Å². The van der Waals surface area contributed by atoms with Crippen molar-refractivity contribution in [2.75, 3.05) is 0 Å². The molecule has 29 heavy (non-hydrogen) atoms. The summed E-state index contributed by atoms with van der Waals surface area (Å²) in [6, 6.07) is 9.34. The molecular weight excluding hydrogens is 386 g/mol. The summed E-state index contributed by atoms with van der Waals surface area (Å²) in [5.74, 6) is -0.670. The average Bonchev–Trinajstić information content (AvgIpc) is 2.94. The van der Waals surface area contributed by atoms with Crippen LogP contribution >= 0.6 is 0 Å². The Labute approximate surface area is 168 Å². The van der Waals surface area contributed by atoms with Crippen molar-refractivity contribution in [2.45, 2.75) is 58.2 Å². The highest BCUT2D eigenvalue weighted by atomic mass is 19.1. The van der Waals surface area contributed by atoms with E-state index in [2.05, 4.69) is 4.98 Å². The second-order valence-electron chi connectivity index (χ2n) is 6.30. The molecule has 1 aliphatic heterocycles. The van der Waals surface area contributed by atoms with Crippen LogP contribution in [0.25, 0.3) is 0 Å². The number of alkyl halides is 1. The molecule has 2 heterocycles. The van der Waals surface area contributed by atoms with Gasteiger partial charge in [0.05, 0.1) is 5.56 Å². The van der Waals surface area contributed by atoms with Gasteiger partial charge in [-0.15, -0.1) is 0 Å². The molecule has 162 valence electrons. The van der Waals surface area contributed by atoms with E-state index in [-0.39, 0.29) is 6.13 Å². The van der Waals surface area contributed by atoms with Crippen LogP contribution in [0.5, 0.6) is 0 Å². The zero-order valence-electron chi connectivity index (χ0n) is 16.8. The molecule has 0 bridgehead atoms. The van der Waals surface area contributed by atoms with Crippen LogP contribution in [-0.4, -0.2) is 33.4 Å². The summed E-state index contributed by atoms with van der Waals surface area (Å²) in [5, 5.41) is 0. The number of aromatic amines is 1. The molecule has 0 aliphatic carbocycles. The van der Waals surface area contributed by atoms with Gasteiger partial charge in [-0.25, -0.2) is 14.0 Å². The van der Waals surface area contributed by atoms with Gasteiger partial charge in [0, 0.05) is 13.7 Å². The van der Waals surface area contributed by atoms with Crippen molar-refractivity contribution in [1.82, 2.24) is 9.55 Å². The SMILES string of the molecule is CC.CC[C@H]1O[C@@H](n2ccc(=O)[nH]c2=O)[C@](C)(F)[C@@H]1OC(=O)c1ccccc1.F.[HH]. The van der Waals surface area contributed by atoms with Crippen molar-refractivity contribution in [3.63, 3.8) is 0 Å². The van der Waals surface area contributed by atoms with E-state index < -0.39 is 41.3 Å². The topological polar surface area (TPSA) is 90.4 Å². The molecule has 4 atom stereocenters. The number of benzene rings is 1. The summed E-state index contributed by atoms with van der Waals surface area (Å²) in [4.78, 5) is 37.7. The Kier molecular flexibility index (Phi) is 8.44. The maximum atomic E-state index is 15.6. The summed E-state index contributed by atoms with van der Waals surface area (Å²) in [5.41, 5.74) is -3.27. The van der Waals surface area contributed by atoms with Gasteiger partial charge in [0.25, 0.3) is 5.56 Å². The lowest BCUT2D eigenvalue weighted by molar-refractivity contribution is -0.0519. The van der Waals surface area contributed by atoms with Crippen molar-refractivity contribution in [3.8, 4) is 0 Å². The maximum absolute atomic E-state index is 15.6. The van der Waals surface area contributed by atoms with E-state index in [1.54, 1.807) is 37.3 Å². The zero-order chi connectivity index (χ0) is 20.9. The molecule has 0 unspecified atom stereocenters. The van der Waals surface area contributed by atoms with Gasteiger partial charge < -0.3 is 9.47 Å². The Morgan fingerprint density at radius 2 is 1.90 bits per heavy atom. The van der Waals surface area contributed by atoms with Crippen LogP contribution < -0.4 is 11.2 Å². The molecule has 1 aliphatic rings. The van der Waals surface area contributed by atoms with Gasteiger partial charge in [-0.3, -0.25) is 19.1 Å². The Morgan fingerprint density at radius 1 is 1.28 bits per heavy atom. The molecule has 0 radical (unpaired) electrons. The van der Waals surface area contributed by atoms with E-state index in [1.165, 1.54) is 6.92 Å². The molecule has 9 heteroatoms. The normalized spacial score (nSPS) is 25.3. The summed E-state index contributed by atoms with van der Waals surface area (Å²) in [6.07, 6.45) is -1.73. The third-order valence-electron chi connectivity index (χ3n) is 4.43. The maximum Gasteiger partial charge on any atom is 0.338 e. The molecule has 0 spiro atoms. The lowest BCUT2D eigenvalue weighted by Gasteiger charge is -2.27. The first-order valence-corrected chi connectivity index (χ1v) is 9.26. The number of ether oxygens (including phenoxy) is 2. The van der Waals surface area contributed by atoms with Gasteiger partial charge in [0.15, 0.2) is 18.0 Å². The van der Waals surface area contributed by atoms with Crippen LogP contribution in [0.1, 0.15) is 52.1 Å². The molecule has 3 rings (SSSR count). The molecule has 1 aromatic heterocycles. The first-order valence-electron chi connectivity index (χ1n) is 9.26. The van der Waals surface area contributed by atoms with E-state index in [9.17, 15) is 14.4 Å². The van der Waals surface area contributed by atoms with Crippen molar-refractivity contribution >= 4 is 5.97 Å². The number of hydrogen-bond acceptors (Lipinski definition) is 5. The molecule has 0 amide bonds. The minimum absolute atomic E-state index is 0. The molecular formula is C20H28F2N2O5. The van der Waals surface area contributed by atoms with Gasteiger partial charge in [-0.1, -0.05) is 39.0 Å². The number of carbonyl (C=O) groups is 1. The van der Waals surface area contributed by atoms with Gasteiger partial charge in [0.1, 0.15) is 6.10 Å². The number of nitrogens with zero attached hydrogens (tertiary/aromatic N) is 1. The number of H-pyrrole nitrogens is 1. The molecule has 1 N–H and O–H groups in total. The predicted molar refractivity (Wildman–Crippen MR) is 107 cm³/mol. The molecule has 7 nitrogen and oxygen atoms in total. The number of halogens is 2. The third kappa shape index (κ3) is 4.97. The molecule has 1 aromatic carbocycles. The number of nitrogens with one attached hydrogen (secondary N) is 1. The highest BCUT2D eigenvalue weighted by molar-refractivity contribution is 5.89. The van der Waals surface area contributed by atoms with Gasteiger partial charge in [-0.05, 0) is 25.5 Å². The fourth-order valence-electron chi connectivity index (χ4n) is 3.08. The number of aromatic nitrogens is 2. The smallest absolute Gasteiger partial charge is 0.338 e. The minimum atomic E-state index is -2.17. The fraction of sp³-hybridized carbons (Fsp3) is 0.450. The monoisotopic (exact) mass is 414 g/mol. The average molecular weight is 414 g/mol. The highest BCUT2D eigenvalue weighted by Gasteiger charge is 2.57. The van der Waals surface area contributed by atoms with Crippen molar-refractivity contribution in [3.05, 3.63) is 69.0 Å². The lowest BCUT2D eigenvalue weighted by Crippen LogP contribution is -2.45. The Morgan fingerprint density at radius 3 is 2.45 bits per heavy atom. The first-order chi connectivity index (χ1) is 13.3. The fourth-order valence-corrected chi connectivity index (χ4v) is 3.08. The third-order valence-corrected chi connectivity index (χ3v) is 4.43. The Hall–Kier alpha value is -2.81. The number of esters is 1. The largest absolute Gasteiger partial charge is 0.452 e. The van der Waals surface area contributed by atoms with Crippen LogP contribution in [0.3, 0.4) is 0 Å². The number of rotatable bonds is 4. The molecule has 2 aromatic rings. The van der Waals surface area contributed by atoms with Gasteiger partial charge in [-0.2, -0.15) is 0 Å². The van der Waals surface area contributed by atoms with E-state index in [0.717, 1.165) is 16.8 Å². The van der Waals surface area contributed by atoms with Crippen LogP contribution in [-0.2, 0) is 9.47 Å². The number of carbonyl (C=O) groups excluding carboxylic acids is 1. The molecule has 1 saturated heterocycles. The predicted octanol–water partition coefficient (Wildman–Crippen LogP) is 3.22. The summed E-state index contributed by atoms with van der Waals surface area (Å²) < 4.78 is 27.6. The first kappa shape index (κ1) is 24.2. The molecule has 1 fully saturated rings. The standard InChI is InChI=1S/C18H19FN2O5.C2H6.FH.H2/c1-3-12-14(26-15(23)11-7-5-4-6-8-11)18(2,19)16(25-12)21-10-9-13(22)20-17(21)24;1-2;;/h4-10,12,14,16H,3H2,1-2H3,(H,20,22,24);1-2H3;2*1H/t12-,14-,16-,18-;;;/m1.../s1. The Balaban J connectivity index is 0.00000204. The van der Waals surface area contributed by atoms with Crippen molar-refractivity contribution in [2.24, 2.45) is 0 Å². The summed E-state index contributed by atoms with van der Waals surface area (Å²) >= 11 is 0. The van der Waals surface area contributed by atoms with Crippen molar-refractivity contribution < 1.29 is 24.8 Å². The van der Waals surface area contributed by atoms with Crippen LogP contribution in [0.2, 0.25) is 0 Å². The van der Waals surface area contributed by atoms with Gasteiger partial charge in [0.2, 0.25) is 0 Å². The second kappa shape index (κ2) is 10.1.